The van der Waals surface area contributed by atoms with E-state index in [-0.39, 0.29) is 12.1 Å². The van der Waals surface area contributed by atoms with Crippen molar-refractivity contribution in [1.29, 1.82) is 0 Å². The molecule has 0 aromatic rings. The Bertz CT molecular complexity index is 309. The fourth-order valence-electron chi connectivity index (χ4n) is 2.79. The maximum atomic E-state index is 11.7. The van der Waals surface area contributed by atoms with E-state index < -0.39 is 5.60 Å². The molecule has 102 valence electrons. The van der Waals surface area contributed by atoms with Gasteiger partial charge in [-0.25, -0.2) is 4.79 Å². The highest BCUT2D eigenvalue weighted by Gasteiger charge is 2.29. The van der Waals surface area contributed by atoms with Gasteiger partial charge in [0.15, 0.2) is 0 Å². The molecule has 2 aliphatic carbocycles. The molecule has 0 spiro atoms. The lowest BCUT2D eigenvalue weighted by molar-refractivity contribution is 0.00712. The predicted molar refractivity (Wildman–Crippen MR) is 71.3 cm³/mol. The molecule has 1 unspecified atom stereocenters. The van der Waals surface area contributed by atoms with E-state index in [0.717, 1.165) is 44.9 Å². The molecule has 4 heteroatoms. The number of urea groups is 1. The number of allylic oxidation sites excluding steroid dienone is 1. The monoisotopic (exact) mass is 252 g/mol. The van der Waals surface area contributed by atoms with Crippen molar-refractivity contribution < 1.29 is 9.90 Å². The first-order valence-corrected chi connectivity index (χ1v) is 7.10. The molecule has 1 atom stereocenters. The van der Waals surface area contributed by atoms with E-state index in [1.54, 1.807) is 0 Å². The topological polar surface area (TPSA) is 61.4 Å². The molecule has 1 fully saturated rings. The Labute approximate surface area is 109 Å². The van der Waals surface area contributed by atoms with Crippen molar-refractivity contribution in [3.05, 3.63) is 12.2 Å². The minimum absolute atomic E-state index is 0.144. The molecule has 2 amide bonds. The number of nitrogens with one attached hydrogen (secondary N) is 2. The Morgan fingerprint density at radius 3 is 2.72 bits per heavy atom. The highest BCUT2D eigenvalue weighted by Crippen LogP contribution is 2.27. The van der Waals surface area contributed by atoms with Crippen molar-refractivity contribution >= 4 is 6.03 Å². The first-order chi connectivity index (χ1) is 8.68. The maximum Gasteiger partial charge on any atom is 0.315 e. The first-order valence-electron chi connectivity index (χ1n) is 7.10. The number of rotatable bonds is 3. The van der Waals surface area contributed by atoms with Gasteiger partial charge in [-0.1, -0.05) is 31.4 Å². The van der Waals surface area contributed by atoms with Crippen LogP contribution in [0.25, 0.3) is 0 Å². The Morgan fingerprint density at radius 2 is 2.06 bits per heavy atom. The largest absolute Gasteiger partial charge is 0.388 e. The second-order valence-corrected chi connectivity index (χ2v) is 5.59. The van der Waals surface area contributed by atoms with Gasteiger partial charge in [0.2, 0.25) is 0 Å². The quantitative estimate of drug-likeness (QED) is 0.674. The second kappa shape index (κ2) is 6.23. The summed E-state index contributed by atoms with van der Waals surface area (Å²) in [6.45, 7) is 0.376. The smallest absolute Gasteiger partial charge is 0.315 e. The minimum Gasteiger partial charge on any atom is -0.388 e. The molecule has 0 aliphatic heterocycles. The SMILES string of the molecule is O=C(NCC1(O)CCCCC1)NC1CC=CCC1. The number of amides is 2. The van der Waals surface area contributed by atoms with Crippen LogP contribution in [0.4, 0.5) is 4.79 Å². The first kappa shape index (κ1) is 13.4. The van der Waals surface area contributed by atoms with E-state index >= 15 is 0 Å². The molecule has 0 heterocycles. The van der Waals surface area contributed by atoms with Crippen LogP contribution in [0.15, 0.2) is 12.2 Å². The number of aliphatic hydroxyl groups is 1. The fraction of sp³-hybridized carbons (Fsp3) is 0.786. The van der Waals surface area contributed by atoms with Gasteiger partial charge in [-0.15, -0.1) is 0 Å². The lowest BCUT2D eigenvalue weighted by atomic mass is 9.85. The molecule has 1 saturated carbocycles. The van der Waals surface area contributed by atoms with Gasteiger partial charge in [-0.05, 0) is 32.1 Å². The Balaban J connectivity index is 1.69. The van der Waals surface area contributed by atoms with Crippen LogP contribution in [0.2, 0.25) is 0 Å². The maximum absolute atomic E-state index is 11.7. The van der Waals surface area contributed by atoms with Gasteiger partial charge in [0.1, 0.15) is 0 Å². The molecule has 0 radical (unpaired) electrons. The molecule has 3 N–H and O–H groups in total. The minimum atomic E-state index is -0.679. The van der Waals surface area contributed by atoms with Crippen LogP contribution in [0.1, 0.15) is 51.4 Å². The summed E-state index contributed by atoms with van der Waals surface area (Å²) in [6, 6.07) is 0.102. The van der Waals surface area contributed by atoms with Gasteiger partial charge in [0.05, 0.1) is 5.60 Å². The van der Waals surface area contributed by atoms with E-state index in [4.69, 9.17) is 0 Å². The van der Waals surface area contributed by atoms with Gasteiger partial charge in [-0.2, -0.15) is 0 Å². The van der Waals surface area contributed by atoms with Crippen LogP contribution >= 0.6 is 0 Å². The summed E-state index contributed by atoms with van der Waals surface area (Å²) in [6.07, 6.45) is 12.2. The number of carbonyl (C=O) groups excluding carboxylic acids is 1. The van der Waals surface area contributed by atoms with Crippen molar-refractivity contribution in [3.63, 3.8) is 0 Å². The molecule has 0 aromatic carbocycles. The second-order valence-electron chi connectivity index (χ2n) is 5.59. The summed E-state index contributed by atoms with van der Waals surface area (Å²) in [7, 11) is 0. The van der Waals surface area contributed by atoms with Crippen molar-refractivity contribution in [3.8, 4) is 0 Å². The van der Waals surface area contributed by atoms with Crippen LogP contribution in [0.3, 0.4) is 0 Å². The van der Waals surface area contributed by atoms with Crippen molar-refractivity contribution in [2.24, 2.45) is 0 Å². The van der Waals surface area contributed by atoms with Crippen molar-refractivity contribution in [2.75, 3.05) is 6.54 Å². The number of carbonyl (C=O) groups is 1. The van der Waals surface area contributed by atoms with Crippen molar-refractivity contribution in [2.45, 2.75) is 63.0 Å². The fourth-order valence-corrected chi connectivity index (χ4v) is 2.79. The van der Waals surface area contributed by atoms with Crippen LogP contribution in [0, 0.1) is 0 Å². The van der Waals surface area contributed by atoms with E-state index in [1.807, 2.05) is 0 Å². The van der Waals surface area contributed by atoms with E-state index in [2.05, 4.69) is 22.8 Å². The third kappa shape index (κ3) is 4.02. The van der Waals surface area contributed by atoms with Gasteiger partial charge >= 0.3 is 6.03 Å². The predicted octanol–water partition coefficient (Wildman–Crippen LogP) is 2.09. The highest BCUT2D eigenvalue weighted by molar-refractivity contribution is 5.74. The van der Waals surface area contributed by atoms with Gasteiger partial charge in [-0.3, -0.25) is 0 Å². The highest BCUT2D eigenvalue weighted by atomic mass is 16.3. The molecular formula is C14H24N2O2. The van der Waals surface area contributed by atoms with Crippen LogP contribution in [-0.4, -0.2) is 29.3 Å². The summed E-state index contributed by atoms with van der Waals surface area (Å²) in [4.78, 5) is 11.7. The zero-order valence-electron chi connectivity index (χ0n) is 11.0. The Morgan fingerprint density at radius 1 is 1.28 bits per heavy atom. The average Bonchev–Trinajstić information content (AvgIpc) is 2.39. The summed E-state index contributed by atoms with van der Waals surface area (Å²) in [5.74, 6) is 0. The standard InChI is InChI=1S/C14H24N2O2/c17-13(16-12-7-3-1-4-8-12)15-11-14(18)9-5-2-6-10-14/h1,3,12,18H,2,4-11H2,(H2,15,16,17). The molecule has 18 heavy (non-hydrogen) atoms. The molecule has 2 rings (SSSR count). The lowest BCUT2D eigenvalue weighted by Crippen LogP contribution is -2.49. The Kier molecular flexibility index (Phi) is 4.64. The van der Waals surface area contributed by atoms with E-state index in [1.165, 1.54) is 6.42 Å². The summed E-state index contributed by atoms with van der Waals surface area (Å²) in [5.41, 5.74) is -0.679. The normalized spacial score (nSPS) is 26.6. The van der Waals surface area contributed by atoms with Crippen LogP contribution in [0.5, 0.6) is 0 Å². The van der Waals surface area contributed by atoms with Gasteiger partial charge in [0.25, 0.3) is 0 Å². The van der Waals surface area contributed by atoms with Gasteiger partial charge in [0, 0.05) is 12.6 Å². The lowest BCUT2D eigenvalue weighted by Gasteiger charge is -2.32. The molecular weight excluding hydrogens is 228 g/mol. The number of hydrogen-bond donors (Lipinski definition) is 3. The molecule has 0 bridgehead atoms. The summed E-state index contributed by atoms with van der Waals surface area (Å²) in [5, 5.41) is 16.1. The summed E-state index contributed by atoms with van der Waals surface area (Å²) < 4.78 is 0. The number of hydrogen-bond acceptors (Lipinski definition) is 2. The van der Waals surface area contributed by atoms with Crippen LogP contribution < -0.4 is 10.6 Å². The average molecular weight is 252 g/mol. The molecule has 0 saturated heterocycles. The third-order valence-corrected chi connectivity index (χ3v) is 3.97. The van der Waals surface area contributed by atoms with E-state index in [0.29, 0.717) is 6.54 Å². The molecule has 4 nitrogen and oxygen atoms in total. The van der Waals surface area contributed by atoms with Crippen LogP contribution in [-0.2, 0) is 0 Å². The third-order valence-electron chi connectivity index (χ3n) is 3.97. The zero-order valence-corrected chi connectivity index (χ0v) is 11.0. The molecule has 2 aliphatic rings. The summed E-state index contributed by atoms with van der Waals surface area (Å²) >= 11 is 0. The van der Waals surface area contributed by atoms with Gasteiger partial charge < -0.3 is 15.7 Å². The molecule has 0 aromatic heterocycles. The van der Waals surface area contributed by atoms with Crippen molar-refractivity contribution in [1.82, 2.24) is 10.6 Å². The Hall–Kier alpha value is -1.03. The van der Waals surface area contributed by atoms with E-state index in [9.17, 15) is 9.90 Å². The zero-order chi connectivity index (χ0) is 12.8.